The highest BCUT2D eigenvalue weighted by Crippen LogP contribution is 2.31. The van der Waals surface area contributed by atoms with E-state index < -0.39 is 0 Å². The molecule has 0 atom stereocenters. The minimum absolute atomic E-state index is 0.152. The molecule has 2 rings (SSSR count). The monoisotopic (exact) mass is 291 g/mol. The van der Waals surface area contributed by atoms with Gasteiger partial charge in [-0.3, -0.25) is 0 Å². The third-order valence-corrected chi connectivity index (χ3v) is 4.56. The average Bonchev–Trinajstić information content (AvgIpc) is 2.85. The Morgan fingerprint density at radius 2 is 1.95 bits per heavy atom. The van der Waals surface area contributed by atoms with Crippen molar-refractivity contribution in [2.24, 2.45) is 0 Å². The Balaban J connectivity index is 2.02. The number of phenolic OH excluding ortho intramolecular Hbond substituents is 1. The number of hydrogen-bond acceptors (Lipinski definition) is 4. The van der Waals surface area contributed by atoms with E-state index in [0.29, 0.717) is 5.75 Å². The lowest BCUT2D eigenvalue weighted by molar-refractivity contribution is 0.373. The van der Waals surface area contributed by atoms with Crippen molar-refractivity contribution >= 4 is 17.0 Å². The van der Waals surface area contributed by atoms with Crippen LogP contribution in [0.25, 0.3) is 0 Å². The summed E-state index contributed by atoms with van der Waals surface area (Å²) in [5.41, 5.74) is 1.08. The lowest BCUT2D eigenvalue weighted by Crippen LogP contribution is -2.07. The molecule has 1 heterocycles. The van der Waals surface area contributed by atoms with Crippen LogP contribution in [0.15, 0.2) is 30.3 Å². The summed E-state index contributed by atoms with van der Waals surface area (Å²) >= 11 is 1.82. The topological polar surface area (TPSA) is 41.5 Å². The van der Waals surface area contributed by atoms with Gasteiger partial charge in [0.1, 0.15) is 0 Å². The summed E-state index contributed by atoms with van der Waals surface area (Å²) in [6, 6.07) is 9.68. The van der Waals surface area contributed by atoms with Gasteiger partial charge in [0, 0.05) is 28.1 Å². The van der Waals surface area contributed by atoms with Crippen molar-refractivity contribution in [2.75, 3.05) is 12.4 Å². The normalized spacial score (nSPS) is 11.4. The molecule has 20 heavy (non-hydrogen) atoms. The Bertz CT molecular complexity index is 584. The van der Waals surface area contributed by atoms with Gasteiger partial charge in [0.25, 0.3) is 0 Å². The summed E-state index contributed by atoms with van der Waals surface area (Å²) in [5, 5.41) is 13.0. The molecule has 1 aromatic carbocycles. The van der Waals surface area contributed by atoms with Crippen LogP contribution >= 0.6 is 11.3 Å². The quantitative estimate of drug-likeness (QED) is 0.878. The summed E-state index contributed by atoms with van der Waals surface area (Å²) in [5.74, 6) is 0.640. The summed E-state index contributed by atoms with van der Waals surface area (Å²) in [7, 11) is 1.54. The van der Waals surface area contributed by atoms with Crippen molar-refractivity contribution in [3.05, 3.63) is 40.1 Å². The van der Waals surface area contributed by atoms with E-state index in [1.54, 1.807) is 19.2 Å². The highest BCUT2D eigenvalue weighted by Gasteiger charge is 2.15. The fourth-order valence-corrected chi connectivity index (χ4v) is 2.87. The molecule has 3 nitrogen and oxygen atoms in total. The maximum absolute atomic E-state index is 9.74. The molecule has 2 aromatic rings. The smallest absolute Gasteiger partial charge is 0.160 e. The largest absolute Gasteiger partial charge is 0.504 e. The predicted molar refractivity (Wildman–Crippen MR) is 85.0 cm³/mol. The van der Waals surface area contributed by atoms with E-state index in [1.807, 2.05) is 17.4 Å². The second-order valence-electron chi connectivity index (χ2n) is 5.76. The number of ether oxygens (including phenoxy) is 1. The molecule has 0 saturated carbocycles. The number of thiophene rings is 1. The third-order valence-electron chi connectivity index (χ3n) is 3.05. The molecular formula is C16H21NO2S. The maximum atomic E-state index is 9.74. The Kier molecular flexibility index (Phi) is 4.23. The second-order valence-corrected chi connectivity index (χ2v) is 6.92. The highest BCUT2D eigenvalue weighted by atomic mass is 32.1. The van der Waals surface area contributed by atoms with E-state index in [2.05, 4.69) is 38.2 Å². The van der Waals surface area contributed by atoms with Gasteiger partial charge in [0.15, 0.2) is 11.5 Å². The van der Waals surface area contributed by atoms with Gasteiger partial charge in [-0.25, -0.2) is 0 Å². The fraction of sp³-hybridized carbons (Fsp3) is 0.375. The van der Waals surface area contributed by atoms with Crippen molar-refractivity contribution in [1.29, 1.82) is 0 Å². The van der Waals surface area contributed by atoms with Gasteiger partial charge in [0.2, 0.25) is 0 Å². The first kappa shape index (κ1) is 14.7. The number of hydrogen-bond donors (Lipinski definition) is 2. The zero-order valence-electron chi connectivity index (χ0n) is 12.4. The molecule has 0 amide bonds. The van der Waals surface area contributed by atoms with Crippen LogP contribution < -0.4 is 10.1 Å². The van der Waals surface area contributed by atoms with Crippen molar-refractivity contribution < 1.29 is 9.84 Å². The second kappa shape index (κ2) is 5.75. The van der Waals surface area contributed by atoms with Gasteiger partial charge in [-0.15, -0.1) is 11.3 Å². The standard InChI is InChI=1S/C16H21NO2S/c1-16(2,3)15-8-6-12(20-15)10-17-11-5-7-14(19-4)13(18)9-11/h5-9,17-18H,10H2,1-4H3. The first-order valence-corrected chi connectivity index (χ1v) is 7.42. The maximum Gasteiger partial charge on any atom is 0.160 e. The molecule has 2 N–H and O–H groups in total. The zero-order chi connectivity index (χ0) is 14.8. The van der Waals surface area contributed by atoms with Gasteiger partial charge >= 0.3 is 0 Å². The van der Waals surface area contributed by atoms with E-state index in [1.165, 1.54) is 9.75 Å². The molecule has 108 valence electrons. The van der Waals surface area contributed by atoms with Crippen LogP contribution in [0, 0.1) is 0 Å². The van der Waals surface area contributed by atoms with Crippen LogP contribution in [0.3, 0.4) is 0 Å². The number of aromatic hydroxyl groups is 1. The molecule has 4 heteroatoms. The van der Waals surface area contributed by atoms with E-state index in [4.69, 9.17) is 4.74 Å². The van der Waals surface area contributed by atoms with Crippen molar-refractivity contribution in [3.63, 3.8) is 0 Å². The van der Waals surface area contributed by atoms with Gasteiger partial charge in [-0.05, 0) is 29.7 Å². The lowest BCUT2D eigenvalue weighted by Gasteiger charge is -2.15. The minimum atomic E-state index is 0.152. The van der Waals surface area contributed by atoms with Crippen LogP contribution in [0.1, 0.15) is 30.5 Å². The molecular weight excluding hydrogens is 270 g/mol. The first-order valence-electron chi connectivity index (χ1n) is 6.60. The van der Waals surface area contributed by atoms with Crippen LogP contribution in [0.4, 0.5) is 5.69 Å². The number of phenols is 1. The van der Waals surface area contributed by atoms with Gasteiger partial charge in [-0.1, -0.05) is 20.8 Å². The third kappa shape index (κ3) is 3.45. The first-order chi connectivity index (χ1) is 9.40. The summed E-state index contributed by atoms with van der Waals surface area (Å²) < 4.78 is 5.03. The van der Waals surface area contributed by atoms with E-state index in [9.17, 15) is 5.11 Å². The molecule has 0 fully saturated rings. The summed E-state index contributed by atoms with van der Waals surface area (Å²) in [4.78, 5) is 2.66. The summed E-state index contributed by atoms with van der Waals surface area (Å²) in [6.45, 7) is 7.42. The van der Waals surface area contributed by atoms with Crippen LogP contribution in [0.5, 0.6) is 11.5 Å². The molecule has 0 aliphatic rings. The van der Waals surface area contributed by atoms with Crippen molar-refractivity contribution in [1.82, 2.24) is 0 Å². The number of anilines is 1. The minimum Gasteiger partial charge on any atom is -0.504 e. The Morgan fingerprint density at radius 3 is 2.50 bits per heavy atom. The van der Waals surface area contributed by atoms with Gasteiger partial charge in [-0.2, -0.15) is 0 Å². The van der Waals surface area contributed by atoms with E-state index in [-0.39, 0.29) is 11.2 Å². The van der Waals surface area contributed by atoms with Crippen molar-refractivity contribution in [2.45, 2.75) is 32.7 Å². The van der Waals surface area contributed by atoms with E-state index in [0.717, 1.165) is 12.2 Å². The lowest BCUT2D eigenvalue weighted by atomic mass is 9.95. The summed E-state index contributed by atoms with van der Waals surface area (Å²) in [6.07, 6.45) is 0. The highest BCUT2D eigenvalue weighted by molar-refractivity contribution is 7.12. The average molecular weight is 291 g/mol. The Hall–Kier alpha value is -1.68. The molecule has 0 unspecified atom stereocenters. The van der Waals surface area contributed by atoms with Gasteiger partial charge < -0.3 is 15.2 Å². The number of benzene rings is 1. The Morgan fingerprint density at radius 1 is 1.20 bits per heavy atom. The molecule has 0 radical (unpaired) electrons. The number of methoxy groups -OCH3 is 1. The van der Waals surface area contributed by atoms with Gasteiger partial charge in [0.05, 0.1) is 7.11 Å². The van der Waals surface area contributed by atoms with Crippen LogP contribution in [0.2, 0.25) is 0 Å². The fourth-order valence-electron chi connectivity index (χ4n) is 1.87. The molecule has 0 saturated heterocycles. The van der Waals surface area contributed by atoms with E-state index >= 15 is 0 Å². The van der Waals surface area contributed by atoms with Crippen LogP contribution in [-0.2, 0) is 12.0 Å². The number of rotatable bonds is 4. The number of nitrogens with one attached hydrogen (secondary N) is 1. The van der Waals surface area contributed by atoms with Crippen LogP contribution in [-0.4, -0.2) is 12.2 Å². The Labute approximate surface area is 124 Å². The predicted octanol–water partition coefficient (Wildman–Crippen LogP) is 4.37. The van der Waals surface area contributed by atoms with Crippen molar-refractivity contribution in [3.8, 4) is 11.5 Å². The molecule has 0 spiro atoms. The molecule has 0 aliphatic carbocycles. The SMILES string of the molecule is COc1ccc(NCc2ccc(C(C)(C)C)s2)cc1O. The molecule has 0 aliphatic heterocycles. The molecule has 0 bridgehead atoms. The zero-order valence-corrected chi connectivity index (χ0v) is 13.2. The molecule has 1 aromatic heterocycles.